The van der Waals surface area contributed by atoms with Crippen LogP contribution >= 0.6 is 0 Å². The predicted octanol–water partition coefficient (Wildman–Crippen LogP) is 4.62. The number of ether oxygens (including phenoxy) is 1. The molecule has 28 heavy (non-hydrogen) atoms. The highest BCUT2D eigenvalue weighted by atomic mass is 16.5. The number of carbonyl (C=O) groups excluding carboxylic acids is 2. The van der Waals surface area contributed by atoms with Gasteiger partial charge in [-0.25, -0.2) is 4.79 Å². The Bertz CT molecular complexity index is 483. The third kappa shape index (κ3) is 16.3. The molecule has 0 aliphatic rings. The number of unbranched alkanes of at least 4 members (excludes halogenated alkanes) is 6. The van der Waals surface area contributed by atoms with E-state index in [2.05, 4.69) is 36.5 Å². The third-order valence-electron chi connectivity index (χ3n) is 4.16. The number of rotatable bonds is 17. The van der Waals surface area contributed by atoms with E-state index in [0.717, 1.165) is 19.3 Å². The van der Waals surface area contributed by atoms with E-state index in [9.17, 15) is 9.59 Å². The molecule has 1 amide bonds. The maximum Gasteiger partial charge on any atom is 0.331 e. The Hall–Kier alpha value is -1.88. The Kier molecular flexibility index (Phi) is 18.5. The van der Waals surface area contributed by atoms with Gasteiger partial charge in [0.05, 0.1) is 13.2 Å². The summed E-state index contributed by atoms with van der Waals surface area (Å²) in [6, 6.07) is -0.996. The van der Waals surface area contributed by atoms with Crippen molar-refractivity contribution in [2.24, 2.45) is 0 Å². The molecule has 0 rings (SSSR count). The molecule has 0 bridgehead atoms. The number of aliphatic hydroxyl groups is 1. The summed E-state index contributed by atoms with van der Waals surface area (Å²) in [6.45, 7) is 3.66. The smallest absolute Gasteiger partial charge is 0.331 e. The Balaban J connectivity index is 3.73. The van der Waals surface area contributed by atoms with Crippen LogP contribution in [0.15, 0.2) is 36.5 Å². The molecule has 0 saturated heterocycles. The van der Waals surface area contributed by atoms with Crippen molar-refractivity contribution in [3.63, 3.8) is 0 Å². The van der Waals surface area contributed by atoms with Crippen LogP contribution in [0.5, 0.6) is 0 Å². The van der Waals surface area contributed by atoms with Crippen LogP contribution < -0.4 is 5.32 Å². The Labute approximate surface area is 170 Å². The van der Waals surface area contributed by atoms with E-state index in [0.29, 0.717) is 0 Å². The number of hydrogen-bond acceptors (Lipinski definition) is 4. The highest BCUT2D eigenvalue weighted by molar-refractivity contribution is 5.85. The normalized spacial score (nSPS) is 12.8. The van der Waals surface area contributed by atoms with Gasteiger partial charge in [0, 0.05) is 6.42 Å². The van der Waals surface area contributed by atoms with Crippen molar-refractivity contribution in [2.75, 3.05) is 13.2 Å². The Morgan fingerprint density at radius 2 is 1.50 bits per heavy atom. The average molecular weight is 394 g/mol. The van der Waals surface area contributed by atoms with Crippen LogP contribution in [0.1, 0.15) is 78.1 Å². The molecular weight excluding hydrogens is 354 g/mol. The van der Waals surface area contributed by atoms with Crippen LogP contribution in [0, 0.1) is 0 Å². The lowest BCUT2D eigenvalue weighted by molar-refractivity contribution is -0.148. The standard InChI is InChI=1S/C23H39NO4/c1-3-5-6-7-8-9-10-11-12-13-14-15-16-17-18-19-22(26)24-21(20-25)23(27)28-4-2/h11-12,14-15,17-18,21,25H,3-10,13,16,19-20H2,1-2H3,(H,24,26)/b12-11+,15-14+,18-17+. The largest absolute Gasteiger partial charge is 0.464 e. The topological polar surface area (TPSA) is 75.6 Å². The van der Waals surface area contributed by atoms with Crippen molar-refractivity contribution in [3.05, 3.63) is 36.5 Å². The summed E-state index contributed by atoms with van der Waals surface area (Å²) < 4.78 is 4.78. The van der Waals surface area contributed by atoms with Crippen molar-refractivity contribution in [3.8, 4) is 0 Å². The van der Waals surface area contributed by atoms with Gasteiger partial charge in [0.2, 0.25) is 5.91 Å². The van der Waals surface area contributed by atoms with Crippen molar-refractivity contribution in [1.82, 2.24) is 5.32 Å². The zero-order valence-corrected chi connectivity index (χ0v) is 17.7. The van der Waals surface area contributed by atoms with E-state index in [-0.39, 0.29) is 18.9 Å². The molecule has 0 aromatic carbocycles. The predicted molar refractivity (Wildman–Crippen MR) is 115 cm³/mol. The molecule has 0 aliphatic carbocycles. The summed E-state index contributed by atoms with van der Waals surface area (Å²) in [7, 11) is 0. The summed E-state index contributed by atoms with van der Waals surface area (Å²) >= 11 is 0. The summed E-state index contributed by atoms with van der Waals surface area (Å²) in [6.07, 6.45) is 23.3. The van der Waals surface area contributed by atoms with Gasteiger partial charge in [-0.3, -0.25) is 4.79 Å². The van der Waals surface area contributed by atoms with Crippen molar-refractivity contribution in [1.29, 1.82) is 0 Å². The van der Waals surface area contributed by atoms with Gasteiger partial charge in [-0.2, -0.15) is 0 Å². The first kappa shape index (κ1) is 26.1. The van der Waals surface area contributed by atoms with E-state index < -0.39 is 18.6 Å². The third-order valence-corrected chi connectivity index (χ3v) is 4.16. The molecule has 0 radical (unpaired) electrons. The van der Waals surface area contributed by atoms with Crippen molar-refractivity contribution in [2.45, 2.75) is 84.1 Å². The van der Waals surface area contributed by atoms with Gasteiger partial charge >= 0.3 is 5.97 Å². The molecule has 0 fully saturated rings. The molecule has 5 heteroatoms. The molecule has 0 aromatic rings. The van der Waals surface area contributed by atoms with Crippen LogP contribution in [0.4, 0.5) is 0 Å². The number of hydrogen-bond donors (Lipinski definition) is 2. The van der Waals surface area contributed by atoms with Crippen LogP contribution in [0.3, 0.4) is 0 Å². The van der Waals surface area contributed by atoms with E-state index in [1.165, 1.54) is 38.5 Å². The van der Waals surface area contributed by atoms with E-state index in [1.807, 2.05) is 6.08 Å². The summed E-state index contributed by atoms with van der Waals surface area (Å²) in [5.74, 6) is -0.931. The Morgan fingerprint density at radius 3 is 2.14 bits per heavy atom. The van der Waals surface area contributed by atoms with Crippen LogP contribution in [0.25, 0.3) is 0 Å². The summed E-state index contributed by atoms with van der Waals surface area (Å²) in [5.41, 5.74) is 0. The molecule has 0 saturated carbocycles. The number of amides is 1. The fraction of sp³-hybridized carbons (Fsp3) is 0.652. The van der Waals surface area contributed by atoms with Crippen LogP contribution in [0.2, 0.25) is 0 Å². The zero-order valence-electron chi connectivity index (χ0n) is 17.7. The second-order valence-corrected chi connectivity index (χ2v) is 6.70. The molecule has 1 unspecified atom stereocenters. The lowest BCUT2D eigenvalue weighted by Crippen LogP contribution is -2.44. The fourth-order valence-corrected chi connectivity index (χ4v) is 2.57. The molecule has 1 atom stereocenters. The summed E-state index contributed by atoms with van der Waals surface area (Å²) in [4.78, 5) is 23.2. The summed E-state index contributed by atoms with van der Waals surface area (Å²) in [5, 5.41) is 11.6. The molecular formula is C23H39NO4. The molecule has 160 valence electrons. The minimum atomic E-state index is -0.996. The first-order valence-electron chi connectivity index (χ1n) is 10.7. The number of allylic oxidation sites excluding steroid dienone is 5. The quantitative estimate of drug-likeness (QED) is 0.215. The number of aliphatic hydroxyl groups excluding tert-OH is 1. The van der Waals surface area contributed by atoms with Gasteiger partial charge in [-0.15, -0.1) is 0 Å². The highest BCUT2D eigenvalue weighted by Crippen LogP contribution is 2.07. The van der Waals surface area contributed by atoms with Crippen molar-refractivity contribution >= 4 is 11.9 Å². The fourth-order valence-electron chi connectivity index (χ4n) is 2.57. The second kappa shape index (κ2) is 19.9. The maximum atomic E-state index is 11.7. The Morgan fingerprint density at radius 1 is 0.893 bits per heavy atom. The lowest BCUT2D eigenvalue weighted by atomic mass is 10.1. The van der Waals surface area contributed by atoms with E-state index >= 15 is 0 Å². The maximum absolute atomic E-state index is 11.7. The van der Waals surface area contributed by atoms with E-state index in [1.54, 1.807) is 13.0 Å². The minimum Gasteiger partial charge on any atom is -0.464 e. The first-order valence-corrected chi connectivity index (χ1v) is 10.7. The molecule has 5 nitrogen and oxygen atoms in total. The number of carbonyl (C=O) groups is 2. The van der Waals surface area contributed by atoms with Gasteiger partial charge in [-0.05, 0) is 32.6 Å². The van der Waals surface area contributed by atoms with Gasteiger partial charge in [-0.1, -0.05) is 75.5 Å². The van der Waals surface area contributed by atoms with E-state index in [4.69, 9.17) is 9.84 Å². The zero-order chi connectivity index (χ0) is 20.9. The molecule has 0 spiro atoms. The minimum absolute atomic E-state index is 0.169. The van der Waals surface area contributed by atoms with Gasteiger partial charge in [0.15, 0.2) is 6.04 Å². The van der Waals surface area contributed by atoms with Gasteiger partial charge in [0.1, 0.15) is 0 Å². The van der Waals surface area contributed by atoms with Crippen LogP contribution in [-0.2, 0) is 14.3 Å². The SMILES string of the molecule is CCCCCCCC/C=C/C/C=C/C/C=C/CC(=O)NC(CO)C(=O)OCC. The molecule has 0 aromatic heterocycles. The number of esters is 1. The van der Waals surface area contributed by atoms with Crippen LogP contribution in [-0.4, -0.2) is 36.2 Å². The monoisotopic (exact) mass is 393 g/mol. The molecule has 2 N–H and O–H groups in total. The van der Waals surface area contributed by atoms with Crippen molar-refractivity contribution < 1.29 is 19.4 Å². The first-order chi connectivity index (χ1) is 13.7. The number of nitrogens with one attached hydrogen (secondary N) is 1. The second-order valence-electron chi connectivity index (χ2n) is 6.70. The molecule has 0 heterocycles. The average Bonchev–Trinajstić information content (AvgIpc) is 2.69. The molecule has 0 aliphatic heterocycles. The lowest BCUT2D eigenvalue weighted by Gasteiger charge is -2.13. The highest BCUT2D eigenvalue weighted by Gasteiger charge is 2.20. The van der Waals surface area contributed by atoms with Gasteiger partial charge < -0.3 is 15.2 Å². The van der Waals surface area contributed by atoms with Gasteiger partial charge in [0.25, 0.3) is 0 Å².